The molecule has 5 nitrogen and oxygen atoms in total. The van der Waals surface area contributed by atoms with Crippen LogP contribution in [0.15, 0.2) is 41.2 Å². The lowest BCUT2D eigenvalue weighted by molar-refractivity contribution is 0.0388. The van der Waals surface area contributed by atoms with Gasteiger partial charge in [-0.1, -0.05) is 51.1 Å². The van der Waals surface area contributed by atoms with Gasteiger partial charge < -0.3 is 4.74 Å². The largest absolute Gasteiger partial charge is 0.461 e. The zero-order valence-corrected chi connectivity index (χ0v) is 15.6. The van der Waals surface area contributed by atoms with Crippen LogP contribution in [-0.2, 0) is 11.3 Å². The third-order valence-electron chi connectivity index (χ3n) is 4.95. The van der Waals surface area contributed by atoms with E-state index in [0.29, 0.717) is 35.8 Å². The second-order valence-electron chi connectivity index (χ2n) is 7.55. The van der Waals surface area contributed by atoms with Crippen molar-refractivity contribution in [1.29, 1.82) is 0 Å². The molecule has 1 aromatic carbocycles. The molecule has 1 aliphatic rings. The van der Waals surface area contributed by atoms with Crippen LogP contribution in [0.2, 0.25) is 0 Å². The molecule has 1 aromatic heterocycles. The molecule has 1 aliphatic carbocycles. The first-order valence-corrected chi connectivity index (χ1v) is 9.29. The molecule has 0 saturated carbocycles. The number of rotatable bonds is 5. The lowest BCUT2D eigenvalue weighted by Crippen LogP contribution is -2.29. The first kappa shape index (κ1) is 18.4. The van der Waals surface area contributed by atoms with E-state index in [1.54, 1.807) is 24.3 Å². The van der Waals surface area contributed by atoms with Gasteiger partial charge in [-0.3, -0.25) is 4.79 Å². The van der Waals surface area contributed by atoms with Crippen molar-refractivity contribution < 1.29 is 9.53 Å². The maximum Gasteiger partial charge on any atom is 0.359 e. The maximum atomic E-state index is 12.7. The molecule has 0 fully saturated rings. The number of nitrogens with zero attached hydrogens (tertiary/aromatic N) is 2. The molecular weight excluding hydrogens is 328 g/mol. The van der Waals surface area contributed by atoms with Gasteiger partial charge in [-0.05, 0) is 36.7 Å². The van der Waals surface area contributed by atoms with Crippen molar-refractivity contribution in [2.45, 2.75) is 40.2 Å². The molecule has 2 atom stereocenters. The van der Waals surface area contributed by atoms with Crippen molar-refractivity contribution in [1.82, 2.24) is 9.78 Å². The van der Waals surface area contributed by atoms with E-state index >= 15 is 0 Å². The van der Waals surface area contributed by atoms with Crippen molar-refractivity contribution in [3.8, 4) is 0 Å². The minimum Gasteiger partial charge on any atom is -0.461 e. The molecule has 0 N–H and O–H groups in total. The van der Waals surface area contributed by atoms with Gasteiger partial charge in [-0.25, -0.2) is 9.48 Å². The number of ether oxygens (including phenoxy) is 1. The van der Waals surface area contributed by atoms with Crippen LogP contribution in [0.1, 0.15) is 44.1 Å². The number of benzene rings is 1. The second kappa shape index (κ2) is 7.85. The summed E-state index contributed by atoms with van der Waals surface area (Å²) in [6.45, 7) is 7.05. The van der Waals surface area contributed by atoms with Crippen molar-refractivity contribution in [2.75, 3.05) is 6.61 Å². The number of hydrogen-bond donors (Lipinski definition) is 0. The third-order valence-corrected chi connectivity index (χ3v) is 4.95. The number of aromatic nitrogens is 2. The Morgan fingerprint density at radius 3 is 2.62 bits per heavy atom. The molecule has 5 heteroatoms. The van der Waals surface area contributed by atoms with E-state index in [4.69, 9.17) is 4.74 Å². The highest BCUT2D eigenvalue weighted by molar-refractivity contribution is 6.02. The number of carbonyl (C=O) groups is 1. The van der Waals surface area contributed by atoms with Crippen LogP contribution in [-0.4, -0.2) is 22.4 Å². The molecule has 26 heavy (non-hydrogen) atoms. The average Bonchev–Trinajstić information content (AvgIpc) is 2.63. The number of allylic oxidation sites excluding steroid dienone is 2. The Bertz CT molecular complexity index is 882. The summed E-state index contributed by atoms with van der Waals surface area (Å²) in [4.78, 5) is 25.4. The van der Waals surface area contributed by atoms with Crippen LogP contribution in [0.5, 0.6) is 0 Å². The highest BCUT2D eigenvalue weighted by Crippen LogP contribution is 2.25. The number of fused-ring (bicyclic) bond motifs is 1. The van der Waals surface area contributed by atoms with Gasteiger partial charge in [0.05, 0.1) is 12.0 Å². The SMILES string of the molecule is CC(C)Cn1nc(C(=O)OCC2CC=CCC2C)c2ccccc2c1=O. The van der Waals surface area contributed by atoms with Crippen LogP contribution in [0, 0.1) is 17.8 Å². The Hall–Kier alpha value is -2.43. The van der Waals surface area contributed by atoms with Gasteiger partial charge in [-0.15, -0.1) is 0 Å². The van der Waals surface area contributed by atoms with Gasteiger partial charge >= 0.3 is 5.97 Å². The smallest absolute Gasteiger partial charge is 0.359 e. The lowest BCUT2D eigenvalue weighted by atomic mass is 9.85. The van der Waals surface area contributed by atoms with Gasteiger partial charge in [0.2, 0.25) is 0 Å². The number of esters is 1. The zero-order chi connectivity index (χ0) is 18.7. The van der Waals surface area contributed by atoms with E-state index in [2.05, 4.69) is 24.2 Å². The summed E-state index contributed by atoms with van der Waals surface area (Å²) in [7, 11) is 0. The number of hydrogen-bond acceptors (Lipinski definition) is 4. The highest BCUT2D eigenvalue weighted by Gasteiger charge is 2.23. The summed E-state index contributed by atoms with van der Waals surface area (Å²) < 4.78 is 6.98. The van der Waals surface area contributed by atoms with Crippen LogP contribution < -0.4 is 5.56 Å². The minimum absolute atomic E-state index is 0.170. The predicted octanol–water partition coefficient (Wildman–Crippen LogP) is 3.81. The normalized spacial score (nSPS) is 19.8. The Balaban J connectivity index is 1.90. The lowest BCUT2D eigenvalue weighted by Gasteiger charge is -2.24. The Morgan fingerprint density at radius 2 is 1.92 bits per heavy atom. The van der Waals surface area contributed by atoms with Gasteiger partial charge in [0.15, 0.2) is 5.69 Å². The molecule has 0 saturated heterocycles. The molecule has 0 radical (unpaired) electrons. The Kier molecular flexibility index (Phi) is 5.55. The summed E-state index contributed by atoms with van der Waals surface area (Å²) in [5.41, 5.74) is 0.0525. The summed E-state index contributed by atoms with van der Waals surface area (Å²) in [6.07, 6.45) is 6.27. The first-order chi connectivity index (χ1) is 12.5. The second-order valence-corrected chi connectivity index (χ2v) is 7.55. The highest BCUT2D eigenvalue weighted by atomic mass is 16.5. The standard InChI is InChI=1S/C21H26N2O3/c1-14(2)12-23-20(24)18-11-7-6-10-17(18)19(22-23)21(25)26-13-16-9-5-4-8-15(16)3/h4-7,10-11,14-16H,8-9,12-13H2,1-3H3. The van der Waals surface area contributed by atoms with E-state index in [0.717, 1.165) is 12.8 Å². The summed E-state index contributed by atoms with van der Waals surface area (Å²) in [5.74, 6) is 0.616. The fourth-order valence-electron chi connectivity index (χ4n) is 3.35. The van der Waals surface area contributed by atoms with Gasteiger partial charge in [0.25, 0.3) is 5.56 Å². The molecule has 0 spiro atoms. The van der Waals surface area contributed by atoms with E-state index in [9.17, 15) is 9.59 Å². The first-order valence-electron chi connectivity index (χ1n) is 9.29. The summed E-state index contributed by atoms with van der Waals surface area (Å²) in [6, 6.07) is 7.10. The van der Waals surface area contributed by atoms with Crippen LogP contribution in [0.25, 0.3) is 10.8 Å². The molecule has 2 aromatic rings. The Morgan fingerprint density at radius 1 is 1.23 bits per heavy atom. The zero-order valence-electron chi connectivity index (χ0n) is 15.6. The monoisotopic (exact) mass is 354 g/mol. The van der Waals surface area contributed by atoms with Crippen molar-refractivity contribution in [3.63, 3.8) is 0 Å². The molecule has 3 rings (SSSR count). The Labute approximate surface area is 153 Å². The topological polar surface area (TPSA) is 61.2 Å². The molecular formula is C21H26N2O3. The van der Waals surface area contributed by atoms with Crippen LogP contribution >= 0.6 is 0 Å². The van der Waals surface area contributed by atoms with Gasteiger partial charge in [0, 0.05) is 11.9 Å². The van der Waals surface area contributed by atoms with Crippen molar-refractivity contribution in [2.24, 2.45) is 17.8 Å². The van der Waals surface area contributed by atoms with E-state index in [-0.39, 0.29) is 17.2 Å². The van der Waals surface area contributed by atoms with Gasteiger partial charge in [-0.2, -0.15) is 5.10 Å². The van der Waals surface area contributed by atoms with Crippen LogP contribution in [0.3, 0.4) is 0 Å². The number of carbonyl (C=O) groups excluding carboxylic acids is 1. The van der Waals surface area contributed by atoms with Crippen LogP contribution in [0.4, 0.5) is 0 Å². The van der Waals surface area contributed by atoms with E-state index in [1.165, 1.54) is 4.68 Å². The van der Waals surface area contributed by atoms with Crippen molar-refractivity contribution >= 4 is 16.7 Å². The average molecular weight is 354 g/mol. The molecule has 2 unspecified atom stereocenters. The van der Waals surface area contributed by atoms with Crippen molar-refractivity contribution in [3.05, 3.63) is 52.5 Å². The minimum atomic E-state index is -0.458. The fraction of sp³-hybridized carbons (Fsp3) is 0.476. The van der Waals surface area contributed by atoms with E-state index in [1.807, 2.05) is 13.8 Å². The third kappa shape index (κ3) is 3.87. The summed E-state index contributed by atoms with van der Waals surface area (Å²) in [5, 5.41) is 5.40. The fourth-order valence-corrected chi connectivity index (χ4v) is 3.35. The predicted molar refractivity (Wildman–Crippen MR) is 102 cm³/mol. The van der Waals surface area contributed by atoms with E-state index < -0.39 is 5.97 Å². The molecule has 0 bridgehead atoms. The quantitative estimate of drug-likeness (QED) is 0.605. The molecule has 138 valence electrons. The molecule has 0 amide bonds. The summed E-state index contributed by atoms with van der Waals surface area (Å²) >= 11 is 0. The molecule has 1 heterocycles. The van der Waals surface area contributed by atoms with Gasteiger partial charge in [0.1, 0.15) is 0 Å². The maximum absolute atomic E-state index is 12.7. The molecule has 0 aliphatic heterocycles.